The van der Waals surface area contributed by atoms with Gasteiger partial charge in [0.25, 0.3) is 5.91 Å². The van der Waals surface area contributed by atoms with E-state index in [1.807, 2.05) is 6.92 Å². The molecule has 0 spiro atoms. The molecule has 1 amide bonds. The van der Waals surface area contributed by atoms with Crippen LogP contribution in [0.5, 0.6) is 5.75 Å². The summed E-state index contributed by atoms with van der Waals surface area (Å²) >= 11 is 0. The maximum absolute atomic E-state index is 13.0. The van der Waals surface area contributed by atoms with Crippen LogP contribution in [0.15, 0.2) is 24.3 Å². The van der Waals surface area contributed by atoms with Crippen LogP contribution in [0.3, 0.4) is 0 Å². The Kier molecular flexibility index (Phi) is 5.30. The molecule has 0 heterocycles. The predicted octanol–water partition coefficient (Wildman–Crippen LogP) is 3.32. The first kappa shape index (κ1) is 20.5. The van der Waals surface area contributed by atoms with Gasteiger partial charge in [-0.25, -0.2) is 8.42 Å². The molecule has 0 aromatic heterocycles. The van der Waals surface area contributed by atoms with Crippen LogP contribution in [0.1, 0.15) is 51.9 Å². The molecule has 160 valence electrons. The molecule has 0 aliphatic heterocycles. The lowest BCUT2D eigenvalue weighted by Crippen LogP contribution is -2.61. The number of nitrogens with zero attached hydrogens (tertiary/aromatic N) is 1. The molecule has 4 aliphatic rings. The van der Waals surface area contributed by atoms with Crippen LogP contribution < -0.4 is 14.4 Å². The molecule has 0 radical (unpaired) electrons. The molecule has 1 aromatic carbocycles. The van der Waals surface area contributed by atoms with Crippen molar-refractivity contribution in [1.82, 2.24) is 5.32 Å². The van der Waals surface area contributed by atoms with Crippen molar-refractivity contribution in [1.29, 1.82) is 0 Å². The van der Waals surface area contributed by atoms with Gasteiger partial charge in [-0.2, -0.15) is 0 Å². The topological polar surface area (TPSA) is 75.7 Å². The van der Waals surface area contributed by atoms with E-state index >= 15 is 0 Å². The Hall–Kier alpha value is -1.76. The summed E-state index contributed by atoms with van der Waals surface area (Å²) in [5.41, 5.74) is 0.538. The molecule has 1 aromatic rings. The first-order valence-electron chi connectivity index (χ1n) is 10.7. The van der Waals surface area contributed by atoms with E-state index in [1.165, 1.54) is 36.9 Å². The summed E-state index contributed by atoms with van der Waals surface area (Å²) in [6.07, 6.45) is 8.60. The minimum atomic E-state index is -3.31. The van der Waals surface area contributed by atoms with Crippen LogP contribution in [0.2, 0.25) is 0 Å². The zero-order valence-corrected chi connectivity index (χ0v) is 18.4. The standard InChI is InChI=1S/C22H32N2O4S/c1-4-20(28-19-7-5-18(6-8-19)24(2)29(3,26)27)21(25)23-22-12-15-9-16(13-22)11-17(10-15)14-22/h5-8,15-17,20H,4,9-14H2,1-3H3,(H,23,25)/t15?,16?,17?,20-,22?/m0/s1. The van der Waals surface area contributed by atoms with E-state index in [0.29, 0.717) is 17.9 Å². The number of ether oxygens (including phenoxy) is 1. The third kappa shape index (κ3) is 4.25. The highest BCUT2D eigenvalue weighted by atomic mass is 32.2. The highest BCUT2D eigenvalue weighted by Gasteiger charge is 2.51. The van der Waals surface area contributed by atoms with Gasteiger partial charge in [0.1, 0.15) is 5.75 Å². The van der Waals surface area contributed by atoms with Gasteiger partial charge in [-0.1, -0.05) is 6.92 Å². The second kappa shape index (κ2) is 7.49. The number of amides is 1. The van der Waals surface area contributed by atoms with Gasteiger partial charge in [-0.05, 0) is 87.0 Å². The molecule has 4 bridgehead atoms. The molecule has 7 heteroatoms. The Bertz CT molecular complexity index is 830. The number of hydrogen-bond donors (Lipinski definition) is 1. The number of rotatable bonds is 7. The zero-order chi connectivity index (χ0) is 20.8. The highest BCUT2D eigenvalue weighted by molar-refractivity contribution is 7.92. The summed E-state index contributed by atoms with van der Waals surface area (Å²) in [4.78, 5) is 13.0. The quantitative estimate of drug-likeness (QED) is 0.734. The minimum Gasteiger partial charge on any atom is -0.481 e. The van der Waals surface area contributed by atoms with E-state index in [-0.39, 0.29) is 11.4 Å². The van der Waals surface area contributed by atoms with Crippen LogP contribution in [-0.2, 0) is 14.8 Å². The van der Waals surface area contributed by atoms with Crippen LogP contribution >= 0.6 is 0 Å². The molecule has 4 fully saturated rings. The molecule has 29 heavy (non-hydrogen) atoms. The summed E-state index contributed by atoms with van der Waals surface area (Å²) in [7, 11) is -1.79. The van der Waals surface area contributed by atoms with Crippen molar-refractivity contribution in [2.45, 2.75) is 63.5 Å². The van der Waals surface area contributed by atoms with Crippen molar-refractivity contribution in [3.63, 3.8) is 0 Å². The number of benzene rings is 1. The van der Waals surface area contributed by atoms with Crippen molar-refractivity contribution in [3.05, 3.63) is 24.3 Å². The smallest absolute Gasteiger partial charge is 0.261 e. The summed E-state index contributed by atoms with van der Waals surface area (Å²) < 4.78 is 30.5. The zero-order valence-electron chi connectivity index (χ0n) is 17.6. The minimum absolute atomic E-state index is 0.0215. The Labute approximate surface area is 174 Å². The fraction of sp³-hybridized carbons (Fsp3) is 0.682. The fourth-order valence-electron chi connectivity index (χ4n) is 6.02. The van der Waals surface area contributed by atoms with Gasteiger partial charge in [0, 0.05) is 12.6 Å². The number of hydrogen-bond acceptors (Lipinski definition) is 4. The largest absolute Gasteiger partial charge is 0.481 e. The first-order valence-corrected chi connectivity index (χ1v) is 12.5. The molecule has 4 saturated carbocycles. The lowest BCUT2D eigenvalue weighted by molar-refractivity contribution is -0.134. The summed E-state index contributed by atoms with van der Waals surface area (Å²) in [5.74, 6) is 2.89. The fourth-order valence-corrected chi connectivity index (χ4v) is 6.52. The van der Waals surface area contributed by atoms with E-state index in [2.05, 4.69) is 5.32 Å². The van der Waals surface area contributed by atoms with E-state index in [4.69, 9.17) is 4.74 Å². The van der Waals surface area contributed by atoms with Gasteiger partial charge >= 0.3 is 0 Å². The lowest BCUT2D eigenvalue weighted by atomic mass is 9.53. The summed E-state index contributed by atoms with van der Waals surface area (Å²) in [5, 5.41) is 3.39. The molecule has 0 saturated heterocycles. The number of carbonyl (C=O) groups excluding carboxylic acids is 1. The van der Waals surface area contributed by atoms with Crippen LogP contribution in [0.4, 0.5) is 5.69 Å². The Balaban J connectivity index is 1.41. The maximum Gasteiger partial charge on any atom is 0.261 e. The molecule has 4 aliphatic carbocycles. The third-order valence-electron chi connectivity index (χ3n) is 7.07. The summed E-state index contributed by atoms with van der Waals surface area (Å²) in [6.45, 7) is 1.95. The maximum atomic E-state index is 13.0. The number of nitrogens with one attached hydrogen (secondary N) is 1. The van der Waals surface area contributed by atoms with E-state index < -0.39 is 16.1 Å². The van der Waals surface area contributed by atoms with E-state index in [0.717, 1.165) is 37.0 Å². The SMILES string of the molecule is CC[C@H](Oc1ccc(N(C)S(C)(=O)=O)cc1)C(=O)NC12CC3CC(CC(C3)C1)C2. The van der Waals surface area contributed by atoms with Gasteiger partial charge < -0.3 is 10.1 Å². The van der Waals surface area contributed by atoms with Crippen molar-refractivity contribution < 1.29 is 17.9 Å². The normalized spacial score (nSPS) is 31.3. The van der Waals surface area contributed by atoms with Crippen molar-refractivity contribution in [2.24, 2.45) is 17.8 Å². The second-order valence-electron chi connectivity index (χ2n) is 9.43. The van der Waals surface area contributed by atoms with Gasteiger partial charge in [0.05, 0.1) is 11.9 Å². The van der Waals surface area contributed by atoms with E-state index in [9.17, 15) is 13.2 Å². The Morgan fingerprint density at radius 3 is 2.10 bits per heavy atom. The lowest BCUT2D eigenvalue weighted by Gasteiger charge is -2.57. The van der Waals surface area contributed by atoms with Crippen molar-refractivity contribution >= 4 is 21.6 Å². The van der Waals surface area contributed by atoms with Gasteiger partial charge in [0.2, 0.25) is 10.0 Å². The number of anilines is 1. The molecule has 6 nitrogen and oxygen atoms in total. The highest BCUT2D eigenvalue weighted by Crippen LogP contribution is 2.55. The molecule has 5 rings (SSSR count). The molecule has 0 unspecified atom stereocenters. The average Bonchev–Trinajstić information content (AvgIpc) is 2.63. The number of carbonyl (C=O) groups is 1. The predicted molar refractivity (Wildman–Crippen MR) is 113 cm³/mol. The Morgan fingerprint density at radius 1 is 1.14 bits per heavy atom. The average molecular weight is 421 g/mol. The van der Waals surface area contributed by atoms with Gasteiger partial charge in [-0.15, -0.1) is 0 Å². The van der Waals surface area contributed by atoms with E-state index in [1.54, 1.807) is 24.3 Å². The van der Waals surface area contributed by atoms with Crippen LogP contribution in [-0.4, -0.2) is 39.3 Å². The number of sulfonamides is 1. The Morgan fingerprint density at radius 2 is 1.66 bits per heavy atom. The molecular weight excluding hydrogens is 388 g/mol. The van der Waals surface area contributed by atoms with Crippen molar-refractivity contribution in [2.75, 3.05) is 17.6 Å². The third-order valence-corrected chi connectivity index (χ3v) is 8.27. The first-order chi connectivity index (χ1) is 13.7. The molecule has 1 atom stereocenters. The van der Waals surface area contributed by atoms with Gasteiger partial charge in [0.15, 0.2) is 6.10 Å². The second-order valence-corrected chi connectivity index (χ2v) is 11.4. The molecular formula is C22H32N2O4S. The van der Waals surface area contributed by atoms with Crippen molar-refractivity contribution in [3.8, 4) is 5.75 Å². The molecule has 1 N–H and O–H groups in total. The van der Waals surface area contributed by atoms with Crippen LogP contribution in [0, 0.1) is 17.8 Å². The monoisotopic (exact) mass is 420 g/mol. The van der Waals surface area contributed by atoms with Crippen LogP contribution in [0.25, 0.3) is 0 Å². The van der Waals surface area contributed by atoms with Gasteiger partial charge in [-0.3, -0.25) is 9.10 Å². The summed E-state index contributed by atoms with van der Waals surface area (Å²) in [6, 6.07) is 6.83.